The van der Waals surface area contributed by atoms with Gasteiger partial charge in [0.2, 0.25) is 0 Å². The Morgan fingerprint density at radius 1 is 0.327 bits per heavy atom. The molecular weight excluding hydrogens is 593 g/mol. The second-order valence-corrected chi connectivity index (χ2v) is 12.3. The molecule has 10 aromatic rings. The number of benzene rings is 9. The van der Waals surface area contributed by atoms with Crippen LogP contribution in [0.1, 0.15) is 8.22 Å². The first-order chi connectivity index (χ1) is 26.8. The van der Waals surface area contributed by atoms with Crippen molar-refractivity contribution in [2.75, 3.05) is 0 Å². The number of hydrogen-bond acceptors (Lipinski definition) is 1. The van der Waals surface area contributed by atoms with Crippen molar-refractivity contribution in [2.24, 2.45) is 0 Å². The van der Waals surface area contributed by atoms with E-state index in [4.69, 9.17) is 4.42 Å². The van der Waals surface area contributed by atoms with Gasteiger partial charge in [0.1, 0.15) is 11.2 Å². The standard InChI is InChI=1S/C48H30O/c1-3-11-31(12-4-1)36-24-26-45-44(29-36)39-25-23-37(30-46(39)49-45)34-19-20-35-28-38(22-21-33(35)27-34)48-42-17-9-7-15-40(42)47(32-13-5-2-6-14-32)41-16-8-10-18-43(41)48/h1-30H/i19D,20D,21D,22D,27D,28D. The average molecular weight is 629 g/mol. The Kier molecular flexibility index (Phi) is 5.02. The fraction of sp³-hybridized carbons (Fsp3) is 0. The van der Waals surface area contributed by atoms with Gasteiger partial charge in [0.15, 0.2) is 0 Å². The fourth-order valence-corrected chi connectivity index (χ4v) is 7.20. The van der Waals surface area contributed by atoms with E-state index in [9.17, 15) is 8.22 Å². The second kappa shape index (κ2) is 11.1. The van der Waals surface area contributed by atoms with Gasteiger partial charge in [0.25, 0.3) is 0 Å². The molecule has 1 aromatic heterocycles. The average Bonchev–Trinajstić information content (AvgIpc) is 3.59. The minimum absolute atomic E-state index is 0.0153. The van der Waals surface area contributed by atoms with Crippen LogP contribution in [0.25, 0.3) is 98.8 Å². The van der Waals surface area contributed by atoms with Gasteiger partial charge in [-0.3, -0.25) is 0 Å². The highest BCUT2D eigenvalue weighted by Gasteiger charge is 2.17. The maximum absolute atomic E-state index is 9.64. The summed E-state index contributed by atoms with van der Waals surface area (Å²) >= 11 is 0. The summed E-state index contributed by atoms with van der Waals surface area (Å²) in [7, 11) is 0. The molecule has 0 aliphatic carbocycles. The molecule has 0 fully saturated rings. The largest absolute Gasteiger partial charge is 0.456 e. The van der Waals surface area contributed by atoms with E-state index in [1.54, 1.807) is 6.07 Å². The van der Waals surface area contributed by atoms with E-state index in [-0.39, 0.29) is 58.2 Å². The Balaban J connectivity index is 1.20. The molecule has 0 saturated heterocycles. The minimum atomic E-state index is -0.257. The van der Waals surface area contributed by atoms with Crippen LogP contribution in [0, 0.1) is 0 Å². The molecule has 0 aliphatic heterocycles. The highest BCUT2D eigenvalue weighted by atomic mass is 16.3. The molecule has 49 heavy (non-hydrogen) atoms. The van der Waals surface area contributed by atoms with Crippen LogP contribution < -0.4 is 0 Å². The van der Waals surface area contributed by atoms with Gasteiger partial charge in [0.05, 0.1) is 8.22 Å². The Morgan fingerprint density at radius 3 is 1.49 bits per heavy atom. The van der Waals surface area contributed by atoms with E-state index in [0.29, 0.717) is 22.3 Å². The normalized spacial score (nSPS) is 13.4. The van der Waals surface area contributed by atoms with Crippen LogP contribution in [0.4, 0.5) is 0 Å². The van der Waals surface area contributed by atoms with Crippen molar-refractivity contribution in [1.82, 2.24) is 0 Å². The van der Waals surface area contributed by atoms with Crippen LogP contribution >= 0.6 is 0 Å². The molecule has 228 valence electrons. The lowest BCUT2D eigenvalue weighted by Gasteiger charge is -2.18. The molecule has 0 spiro atoms. The molecule has 0 radical (unpaired) electrons. The number of fused-ring (bicyclic) bond motifs is 6. The summed E-state index contributed by atoms with van der Waals surface area (Å²) in [6.45, 7) is 0. The molecule has 1 nitrogen and oxygen atoms in total. The molecule has 9 aromatic carbocycles. The van der Waals surface area contributed by atoms with Crippen LogP contribution in [0.3, 0.4) is 0 Å². The highest BCUT2D eigenvalue weighted by molar-refractivity contribution is 6.21. The third-order valence-corrected chi connectivity index (χ3v) is 9.49. The van der Waals surface area contributed by atoms with E-state index >= 15 is 0 Å². The van der Waals surface area contributed by atoms with E-state index in [0.717, 1.165) is 54.6 Å². The second-order valence-electron chi connectivity index (χ2n) is 12.3. The predicted octanol–water partition coefficient (Wildman–Crippen LogP) is 13.7. The first-order valence-corrected chi connectivity index (χ1v) is 16.4. The summed E-state index contributed by atoms with van der Waals surface area (Å²) in [5.74, 6) is 0. The molecule has 0 unspecified atom stereocenters. The Hall–Kier alpha value is -6.44. The Labute approximate surface area is 292 Å². The maximum Gasteiger partial charge on any atom is 0.136 e. The van der Waals surface area contributed by atoms with Crippen molar-refractivity contribution >= 4 is 54.3 Å². The fourth-order valence-electron chi connectivity index (χ4n) is 7.20. The van der Waals surface area contributed by atoms with Crippen molar-refractivity contribution in [1.29, 1.82) is 0 Å². The lowest BCUT2D eigenvalue weighted by atomic mass is 9.85. The molecule has 0 aliphatic rings. The number of hydrogen-bond donors (Lipinski definition) is 0. The molecule has 0 bridgehead atoms. The predicted molar refractivity (Wildman–Crippen MR) is 208 cm³/mol. The van der Waals surface area contributed by atoms with Gasteiger partial charge in [-0.2, -0.15) is 0 Å². The minimum Gasteiger partial charge on any atom is -0.456 e. The highest BCUT2D eigenvalue weighted by Crippen LogP contribution is 2.44. The number of rotatable bonds is 4. The maximum atomic E-state index is 9.64. The lowest BCUT2D eigenvalue weighted by molar-refractivity contribution is 0.669. The summed E-state index contributed by atoms with van der Waals surface area (Å²) in [5, 5.41) is 5.37. The van der Waals surface area contributed by atoms with Crippen LogP contribution in [0.2, 0.25) is 0 Å². The zero-order chi connectivity index (χ0) is 37.5. The monoisotopic (exact) mass is 628 g/mol. The Morgan fingerprint density at radius 2 is 0.837 bits per heavy atom. The van der Waals surface area contributed by atoms with Crippen LogP contribution in [-0.2, 0) is 0 Å². The van der Waals surface area contributed by atoms with Crippen molar-refractivity contribution in [2.45, 2.75) is 0 Å². The summed E-state index contributed by atoms with van der Waals surface area (Å²) in [6.07, 6.45) is 0. The van der Waals surface area contributed by atoms with E-state index in [1.807, 2.05) is 109 Å². The van der Waals surface area contributed by atoms with Gasteiger partial charge in [-0.05, 0) is 113 Å². The summed E-state index contributed by atoms with van der Waals surface area (Å²) in [4.78, 5) is 0. The van der Waals surface area contributed by atoms with Gasteiger partial charge in [-0.15, -0.1) is 0 Å². The SMILES string of the molecule is [2H]c1c(-c2c3ccccc3c(-c3ccccc3)c3ccccc23)c([2H])c2c([2H])c([2H])c(-c3ccc4c(c3)oc3ccc(-c5ccccc5)cc34)c([2H])c2c1[2H]. The number of furan rings is 1. The van der Waals surface area contributed by atoms with Crippen molar-refractivity contribution < 1.29 is 12.6 Å². The summed E-state index contributed by atoms with van der Waals surface area (Å²) in [6, 6.07) is 46.4. The van der Waals surface area contributed by atoms with Gasteiger partial charge in [0, 0.05) is 10.8 Å². The first kappa shape index (κ1) is 22.2. The van der Waals surface area contributed by atoms with Gasteiger partial charge in [-0.25, -0.2) is 0 Å². The smallest absolute Gasteiger partial charge is 0.136 e. The van der Waals surface area contributed by atoms with E-state index in [1.165, 1.54) is 0 Å². The van der Waals surface area contributed by atoms with Crippen LogP contribution in [0.15, 0.2) is 186 Å². The lowest BCUT2D eigenvalue weighted by Crippen LogP contribution is -1.90. The third-order valence-electron chi connectivity index (χ3n) is 9.49. The van der Waals surface area contributed by atoms with Gasteiger partial charge < -0.3 is 4.42 Å². The molecule has 0 saturated carbocycles. The van der Waals surface area contributed by atoms with Crippen LogP contribution in [-0.4, -0.2) is 0 Å². The zero-order valence-corrected chi connectivity index (χ0v) is 26.3. The molecule has 0 atom stereocenters. The van der Waals surface area contributed by atoms with Gasteiger partial charge in [-0.1, -0.05) is 145 Å². The van der Waals surface area contributed by atoms with Crippen LogP contribution in [0.5, 0.6) is 0 Å². The van der Waals surface area contributed by atoms with Crippen molar-refractivity contribution in [3.8, 4) is 44.5 Å². The molecule has 10 rings (SSSR count). The molecule has 0 amide bonds. The van der Waals surface area contributed by atoms with Crippen molar-refractivity contribution in [3.63, 3.8) is 0 Å². The van der Waals surface area contributed by atoms with E-state index in [2.05, 4.69) is 30.3 Å². The van der Waals surface area contributed by atoms with E-state index < -0.39 is 0 Å². The molecular formula is C48H30O. The molecule has 1 heteroatoms. The first-order valence-electron chi connectivity index (χ1n) is 19.4. The Bertz CT molecular complexity index is 3150. The summed E-state index contributed by atoms with van der Waals surface area (Å²) < 4.78 is 62.7. The zero-order valence-electron chi connectivity index (χ0n) is 32.3. The van der Waals surface area contributed by atoms with Gasteiger partial charge >= 0.3 is 0 Å². The molecule has 0 N–H and O–H groups in total. The quantitative estimate of drug-likeness (QED) is 0.177. The topological polar surface area (TPSA) is 13.1 Å². The summed E-state index contributed by atoms with van der Waals surface area (Å²) in [5.41, 5.74) is 7.00. The van der Waals surface area contributed by atoms with Crippen molar-refractivity contribution in [3.05, 3.63) is 182 Å². The third kappa shape index (κ3) is 4.55. The molecule has 1 heterocycles.